The first kappa shape index (κ1) is 25.4. The molecule has 0 aliphatic carbocycles. The van der Waals surface area contributed by atoms with Crippen LogP contribution in [0.25, 0.3) is 16.9 Å². The Balaban J connectivity index is 2.01. The fourth-order valence-corrected chi connectivity index (χ4v) is 2.94. The Kier molecular flexibility index (Phi) is 7.45. The first-order valence-corrected chi connectivity index (χ1v) is 10.2. The van der Waals surface area contributed by atoms with E-state index in [0.717, 1.165) is 15.6 Å². The lowest BCUT2D eigenvalue weighted by Crippen LogP contribution is -2.26. The highest BCUT2D eigenvalue weighted by atomic mass is 32.2. The van der Waals surface area contributed by atoms with Gasteiger partial charge in [0.2, 0.25) is 12.3 Å². The van der Waals surface area contributed by atoms with E-state index in [4.69, 9.17) is 13.1 Å². The minimum Gasteiger partial charge on any atom is -0.472 e. The lowest BCUT2D eigenvalue weighted by Gasteiger charge is -2.16. The maximum Gasteiger partial charge on any atom is 0.453 e. The van der Waals surface area contributed by atoms with Crippen molar-refractivity contribution in [3.63, 3.8) is 0 Å². The molecule has 0 saturated heterocycles. The third-order valence-electron chi connectivity index (χ3n) is 4.12. The van der Waals surface area contributed by atoms with Crippen LogP contribution in [0.4, 0.5) is 22.0 Å². The first-order chi connectivity index (χ1) is 15.9. The standard InChI is InChI=1S/C19H18F5N5O4S/c1-4-32-34-33-13-7-11(29-10-26-17(27-29)19(22,23)24)8-25-15(13)12-5-6-14(28(3)16(12)30)31-9-18(2,20)21/h5-8,10H,4,9H2,1-3H3. The van der Waals surface area contributed by atoms with E-state index in [9.17, 15) is 26.7 Å². The molecule has 0 aliphatic heterocycles. The van der Waals surface area contributed by atoms with Crippen molar-refractivity contribution in [1.82, 2.24) is 24.3 Å². The third kappa shape index (κ3) is 6.02. The van der Waals surface area contributed by atoms with Crippen molar-refractivity contribution in [1.29, 1.82) is 0 Å². The van der Waals surface area contributed by atoms with Gasteiger partial charge < -0.3 is 8.92 Å². The molecule has 0 aliphatic rings. The van der Waals surface area contributed by atoms with Crippen LogP contribution < -0.4 is 14.5 Å². The van der Waals surface area contributed by atoms with Gasteiger partial charge in [0, 0.05) is 20.0 Å². The van der Waals surface area contributed by atoms with Crippen LogP contribution in [0.15, 0.2) is 35.5 Å². The molecule has 0 spiro atoms. The van der Waals surface area contributed by atoms with Crippen molar-refractivity contribution in [2.75, 3.05) is 13.2 Å². The minimum absolute atomic E-state index is 0.0197. The fraction of sp³-hybridized carbons (Fsp3) is 0.368. The summed E-state index contributed by atoms with van der Waals surface area (Å²) in [7, 11) is 1.33. The van der Waals surface area contributed by atoms with E-state index >= 15 is 0 Å². The monoisotopic (exact) mass is 507 g/mol. The third-order valence-corrected chi connectivity index (χ3v) is 4.70. The smallest absolute Gasteiger partial charge is 0.453 e. The summed E-state index contributed by atoms with van der Waals surface area (Å²) in [6.45, 7) is 1.73. The van der Waals surface area contributed by atoms with Gasteiger partial charge in [-0.05, 0) is 19.1 Å². The highest BCUT2D eigenvalue weighted by molar-refractivity contribution is 7.90. The van der Waals surface area contributed by atoms with Gasteiger partial charge in [0.15, 0.2) is 18.2 Å². The molecule has 0 amide bonds. The SMILES string of the molecule is CCOSOc1cc(-n2cnc(C(F)(F)F)n2)cnc1-c1ccc(OCC(C)(F)F)n(C)c1=O. The van der Waals surface area contributed by atoms with Crippen molar-refractivity contribution < 1.29 is 35.1 Å². The second kappa shape index (κ2) is 9.97. The van der Waals surface area contributed by atoms with Crippen LogP contribution in [-0.2, 0) is 17.4 Å². The summed E-state index contributed by atoms with van der Waals surface area (Å²) in [6.07, 6.45) is -2.71. The van der Waals surface area contributed by atoms with E-state index in [1.165, 1.54) is 31.4 Å². The normalized spacial score (nSPS) is 12.1. The fourth-order valence-electron chi connectivity index (χ4n) is 2.60. The maximum absolute atomic E-state index is 13.1. The first-order valence-electron chi connectivity index (χ1n) is 9.57. The molecule has 0 saturated carbocycles. The van der Waals surface area contributed by atoms with Gasteiger partial charge in [-0.15, -0.1) is 5.10 Å². The molecular formula is C19H18F5N5O4S. The predicted molar refractivity (Wildman–Crippen MR) is 111 cm³/mol. The molecule has 184 valence electrons. The Morgan fingerprint density at radius 3 is 2.50 bits per heavy atom. The quantitative estimate of drug-likeness (QED) is 0.243. The largest absolute Gasteiger partial charge is 0.472 e. The average molecular weight is 507 g/mol. The van der Waals surface area contributed by atoms with Gasteiger partial charge in [0.1, 0.15) is 12.0 Å². The van der Waals surface area contributed by atoms with Crippen LogP contribution in [0.3, 0.4) is 0 Å². The van der Waals surface area contributed by atoms with Crippen molar-refractivity contribution in [2.45, 2.75) is 25.9 Å². The molecule has 3 rings (SSSR count). The molecule has 3 heterocycles. The number of halogens is 5. The number of rotatable bonds is 9. The average Bonchev–Trinajstić information content (AvgIpc) is 3.26. The Morgan fingerprint density at radius 1 is 1.15 bits per heavy atom. The summed E-state index contributed by atoms with van der Waals surface area (Å²) in [5.41, 5.74) is -0.518. The van der Waals surface area contributed by atoms with Crippen molar-refractivity contribution in [3.8, 4) is 28.6 Å². The highest BCUT2D eigenvalue weighted by Gasteiger charge is 2.36. The number of alkyl halides is 5. The van der Waals surface area contributed by atoms with Gasteiger partial charge in [0.25, 0.3) is 17.3 Å². The van der Waals surface area contributed by atoms with Crippen LogP contribution in [-0.4, -0.2) is 43.5 Å². The van der Waals surface area contributed by atoms with Crippen LogP contribution in [0, 0.1) is 0 Å². The molecule has 3 aromatic heterocycles. The molecule has 0 radical (unpaired) electrons. The number of hydrogen-bond acceptors (Lipinski definition) is 8. The number of pyridine rings is 2. The van der Waals surface area contributed by atoms with E-state index in [-0.39, 0.29) is 35.2 Å². The lowest BCUT2D eigenvalue weighted by atomic mass is 10.1. The topological polar surface area (TPSA) is 93.3 Å². The van der Waals surface area contributed by atoms with Crippen molar-refractivity contribution >= 4 is 12.3 Å². The maximum atomic E-state index is 13.1. The minimum atomic E-state index is -4.74. The highest BCUT2D eigenvalue weighted by Crippen LogP contribution is 2.32. The molecule has 0 aromatic carbocycles. The molecule has 0 N–H and O–H groups in total. The lowest BCUT2D eigenvalue weighted by molar-refractivity contribution is -0.144. The Bertz CT molecular complexity index is 1210. The van der Waals surface area contributed by atoms with E-state index in [1.807, 2.05) is 0 Å². The predicted octanol–water partition coefficient (Wildman–Crippen LogP) is 4.06. The molecule has 34 heavy (non-hydrogen) atoms. The van der Waals surface area contributed by atoms with Gasteiger partial charge in [-0.2, -0.15) is 13.2 Å². The summed E-state index contributed by atoms with van der Waals surface area (Å²) >= 11 is 0.570. The summed E-state index contributed by atoms with van der Waals surface area (Å²) < 4.78 is 82.1. The summed E-state index contributed by atoms with van der Waals surface area (Å²) in [5, 5.41) is 3.38. The molecule has 15 heteroatoms. The van der Waals surface area contributed by atoms with E-state index < -0.39 is 30.1 Å². The Hall–Kier alpha value is -3.20. The zero-order valence-corrected chi connectivity index (χ0v) is 18.8. The molecule has 0 unspecified atom stereocenters. The number of hydrogen-bond donors (Lipinski definition) is 0. The molecular weight excluding hydrogens is 489 g/mol. The zero-order chi connectivity index (χ0) is 25.1. The zero-order valence-electron chi connectivity index (χ0n) is 18.0. The van der Waals surface area contributed by atoms with Crippen LogP contribution in [0.5, 0.6) is 11.6 Å². The van der Waals surface area contributed by atoms with Gasteiger partial charge in [-0.25, -0.2) is 23.4 Å². The number of ether oxygens (including phenoxy) is 1. The van der Waals surface area contributed by atoms with Crippen molar-refractivity contribution in [2.24, 2.45) is 7.05 Å². The second-order valence-corrected chi connectivity index (χ2v) is 7.46. The Morgan fingerprint density at radius 2 is 1.88 bits per heavy atom. The Labute approximate surface area is 193 Å². The summed E-state index contributed by atoms with van der Waals surface area (Å²) in [5.74, 6) is -4.56. The number of aromatic nitrogens is 5. The van der Waals surface area contributed by atoms with Gasteiger partial charge >= 0.3 is 6.18 Å². The van der Waals surface area contributed by atoms with E-state index in [2.05, 4.69) is 15.1 Å². The van der Waals surface area contributed by atoms with E-state index in [1.54, 1.807) is 6.92 Å². The van der Waals surface area contributed by atoms with Crippen molar-refractivity contribution in [3.05, 3.63) is 46.9 Å². The molecule has 0 bridgehead atoms. The van der Waals surface area contributed by atoms with E-state index in [0.29, 0.717) is 19.2 Å². The van der Waals surface area contributed by atoms with Crippen LogP contribution >= 0.6 is 12.3 Å². The van der Waals surface area contributed by atoms with Gasteiger partial charge in [-0.1, -0.05) is 0 Å². The molecule has 0 atom stereocenters. The van der Waals surface area contributed by atoms with Crippen LogP contribution in [0.1, 0.15) is 19.7 Å². The van der Waals surface area contributed by atoms with Crippen LogP contribution in [0.2, 0.25) is 0 Å². The summed E-state index contributed by atoms with van der Waals surface area (Å²) in [6, 6.07) is 3.91. The molecule has 0 fully saturated rings. The van der Waals surface area contributed by atoms with Gasteiger partial charge in [-0.3, -0.25) is 13.5 Å². The van der Waals surface area contributed by atoms with Gasteiger partial charge in [0.05, 0.1) is 24.1 Å². The molecule has 3 aromatic rings. The summed E-state index contributed by atoms with van der Waals surface area (Å²) in [4.78, 5) is 20.3. The number of nitrogens with zero attached hydrogens (tertiary/aromatic N) is 5. The molecule has 9 nitrogen and oxygen atoms in total. The second-order valence-electron chi connectivity index (χ2n) is 6.92.